The minimum absolute atomic E-state index is 0.809. The molecule has 0 unspecified atom stereocenters. The summed E-state index contributed by atoms with van der Waals surface area (Å²) in [5.74, 6) is 0.915. The van der Waals surface area contributed by atoms with E-state index in [1.165, 1.54) is 0 Å². The van der Waals surface area contributed by atoms with Crippen molar-refractivity contribution in [2.24, 2.45) is 0 Å². The largest absolute Gasteiger partial charge is 0.397 e. The highest BCUT2D eigenvalue weighted by molar-refractivity contribution is 7.14. The molecule has 2 aromatic heterocycles. The molecule has 0 atom stereocenters. The molecule has 3 nitrogen and oxygen atoms in total. The van der Waals surface area contributed by atoms with Crippen LogP contribution in [-0.4, -0.2) is 9.97 Å². The Balaban J connectivity index is 2.50. The van der Waals surface area contributed by atoms with E-state index in [-0.39, 0.29) is 0 Å². The Morgan fingerprint density at radius 2 is 2.42 bits per heavy atom. The lowest BCUT2D eigenvalue weighted by Crippen LogP contribution is -1.83. The van der Waals surface area contributed by atoms with Gasteiger partial charge in [0.05, 0.1) is 22.5 Å². The van der Waals surface area contributed by atoms with E-state index >= 15 is 0 Å². The second-order valence-corrected chi connectivity index (χ2v) is 3.50. The molecule has 0 bridgehead atoms. The number of nitrogen functional groups attached to an aromatic ring is 1. The standard InChI is InChI=1S/C8H9N3S/c1-5-10-4-7(11-5)8-6(9)2-3-12-8/h2-4H,9H2,1H3,(H,10,11). The highest BCUT2D eigenvalue weighted by atomic mass is 32.1. The lowest BCUT2D eigenvalue weighted by Gasteiger charge is -1.92. The van der Waals surface area contributed by atoms with E-state index in [1.54, 1.807) is 17.5 Å². The minimum atomic E-state index is 0.809. The summed E-state index contributed by atoms with van der Waals surface area (Å²) in [7, 11) is 0. The van der Waals surface area contributed by atoms with Gasteiger partial charge in [-0.2, -0.15) is 0 Å². The van der Waals surface area contributed by atoms with E-state index in [0.717, 1.165) is 22.1 Å². The Morgan fingerprint density at radius 1 is 1.58 bits per heavy atom. The number of nitrogens with zero attached hydrogens (tertiary/aromatic N) is 1. The van der Waals surface area contributed by atoms with Crippen molar-refractivity contribution in [1.82, 2.24) is 9.97 Å². The second-order valence-electron chi connectivity index (χ2n) is 2.59. The molecule has 0 aromatic carbocycles. The van der Waals surface area contributed by atoms with Gasteiger partial charge in [-0.25, -0.2) is 4.98 Å². The zero-order chi connectivity index (χ0) is 8.55. The van der Waals surface area contributed by atoms with E-state index in [9.17, 15) is 0 Å². The Hall–Kier alpha value is -1.29. The number of aromatic amines is 1. The molecular weight excluding hydrogens is 170 g/mol. The number of imidazole rings is 1. The first kappa shape index (κ1) is 7.36. The van der Waals surface area contributed by atoms with Crippen LogP contribution in [0.2, 0.25) is 0 Å². The fourth-order valence-corrected chi connectivity index (χ4v) is 1.86. The smallest absolute Gasteiger partial charge is 0.103 e. The Kier molecular flexibility index (Phi) is 1.62. The Morgan fingerprint density at radius 3 is 2.92 bits per heavy atom. The Labute approximate surface area is 74.3 Å². The van der Waals surface area contributed by atoms with Gasteiger partial charge in [0, 0.05) is 0 Å². The first-order valence-corrected chi connectivity index (χ1v) is 4.50. The van der Waals surface area contributed by atoms with Crippen LogP contribution in [0.25, 0.3) is 10.6 Å². The van der Waals surface area contributed by atoms with E-state index in [4.69, 9.17) is 5.73 Å². The van der Waals surface area contributed by atoms with Gasteiger partial charge in [-0.3, -0.25) is 0 Å². The zero-order valence-corrected chi connectivity index (χ0v) is 7.48. The van der Waals surface area contributed by atoms with Crippen LogP contribution in [0.5, 0.6) is 0 Å². The number of hydrogen-bond acceptors (Lipinski definition) is 3. The normalized spacial score (nSPS) is 10.4. The maximum absolute atomic E-state index is 5.74. The highest BCUT2D eigenvalue weighted by Gasteiger charge is 2.05. The quantitative estimate of drug-likeness (QED) is 0.703. The lowest BCUT2D eigenvalue weighted by molar-refractivity contribution is 1.15. The van der Waals surface area contributed by atoms with E-state index in [2.05, 4.69) is 9.97 Å². The molecule has 2 rings (SSSR count). The van der Waals surface area contributed by atoms with E-state index in [0.29, 0.717) is 0 Å². The number of rotatable bonds is 1. The summed E-state index contributed by atoms with van der Waals surface area (Å²) in [5, 5.41) is 1.97. The van der Waals surface area contributed by atoms with Crippen molar-refractivity contribution in [2.75, 3.05) is 5.73 Å². The topological polar surface area (TPSA) is 54.7 Å². The summed E-state index contributed by atoms with van der Waals surface area (Å²) in [6.45, 7) is 1.92. The van der Waals surface area contributed by atoms with Gasteiger partial charge in [-0.05, 0) is 18.4 Å². The van der Waals surface area contributed by atoms with Crippen molar-refractivity contribution in [3.63, 3.8) is 0 Å². The molecule has 0 radical (unpaired) electrons. The van der Waals surface area contributed by atoms with Gasteiger partial charge in [-0.1, -0.05) is 0 Å². The van der Waals surface area contributed by atoms with Crippen LogP contribution in [0.3, 0.4) is 0 Å². The van der Waals surface area contributed by atoms with Crippen LogP contribution < -0.4 is 5.73 Å². The number of nitrogens with two attached hydrogens (primary N) is 1. The number of aryl methyl sites for hydroxylation is 1. The molecule has 0 amide bonds. The molecule has 0 fully saturated rings. The van der Waals surface area contributed by atoms with Crippen molar-refractivity contribution >= 4 is 17.0 Å². The summed E-state index contributed by atoms with van der Waals surface area (Å²) >= 11 is 1.62. The third-order valence-corrected chi connectivity index (χ3v) is 2.61. The third-order valence-electron chi connectivity index (χ3n) is 1.64. The number of H-pyrrole nitrogens is 1. The first-order chi connectivity index (χ1) is 5.77. The molecule has 0 aliphatic rings. The fourth-order valence-electron chi connectivity index (χ4n) is 1.07. The third kappa shape index (κ3) is 1.10. The van der Waals surface area contributed by atoms with Crippen LogP contribution >= 0.6 is 11.3 Å². The lowest BCUT2D eigenvalue weighted by atomic mass is 10.3. The number of thiophene rings is 1. The number of anilines is 1. The Bertz CT molecular complexity index is 388. The zero-order valence-electron chi connectivity index (χ0n) is 6.66. The van der Waals surface area contributed by atoms with Crippen LogP contribution in [-0.2, 0) is 0 Å². The second kappa shape index (κ2) is 2.64. The maximum Gasteiger partial charge on any atom is 0.103 e. The number of nitrogens with one attached hydrogen (secondary N) is 1. The molecule has 0 spiro atoms. The molecule has 0 aliphatic carbocycles. The molecule has 62 valence electrons. The summed E-state index contributed by atoms with van der Waals surface area (Å²) in [6, 6.07) is 1.90. The van der Waals surface area contributed by atoms with Gasteiger partial charge in [0.15, 0.2) is 0 Å². The molecule has 0 saturated carbocycles. The maximum atomic E-state index is 5.74. The average molecular weight is 179 g/mol. The number of hydrogen-bond donors (Lipinski definition) is 2. The predicted molar refractivity (Wildman–Crippen MR) is 51.1 cm³/mol. The molecule has 2 aromatic rings. The van der Waals surface area contributed by atoms with Crippen LogP contribution in [0.15, 0.2) is 17.6 Å². The summed E-state index contributed by atoms with van der Waals surface area (Å²) < 4.78 is 0. The van der Waals surface area contributed by atoms with Crippen LogP contribution in [0.4, 0.5) is 5.69 Å². The first-order valence-electron chi connectivity index (χ1n) is 3.62. The molecule has 3 N–H and O–H groups in total. The van der Waals surface area contributed by atoms with Gasteiger partial charge < -0.3 is 10.7 Å². The van der Waals surface area contributed by atoms with Crippen molar-refractivity contribution in [3.8, 4) is 10.6 Å². The van der Waals surface area contributed by atoms with Crippen molar-refractivity contribution in [3.05, 3.63) is 23.5 Å². The molecule has 4 heteroatoms. The van der Waals surface area contributed by atoms with Crippen LogP contribution in [0, 0.1) is 6.92 Å². The molecule has 0 saturated heterocycles. The summed E-state index contributed by atoms with van der Waals surface area (Å²) in [6.07, 6.45) is 1.80. The molecule has 12 heavy (non-hydrogen) atoms. The minimum Gasteiger partial charge on any atom is -0.397 e. The van der Waals surface area contributed by atoms with Crippen molar-refractivity contribution < 1.29 is 0 Å². The van der Waals surface area contributed by atoms with Gasteiger partial charge in [0.2, 0.25) is 0 Å². The molecule has 0 aliphatic heterocycles. The van der Waals surface area contributed by atoms with Gasteiger partial charge in [0.1, 0.15) is 5.82 Å². The molecule has 2 heterocycles. The average Bonchev–Trinajstić information content (AvgIpc) is 2.58. The SMILES string of the molecule is Cc1ncc(-c2sccc2N)[nH]1. The van der Waals surface area contributed by atoms with Gasteiger partial charge in [-0.15, -0.1) is 11.3 Å². The highest BCUT2D eigenvalue weighted by Crippen LogP contribution is 2.29. The van der Waals surface area contributed by atoms with Gasteiger partial charge >= 0.3 is 0 Å². The van der Waals surface area contributed by atoms with Crippen molar-refractivity contribution in [1.29, 1.82) is 0 Å². The van der Waals surface area contributed by atoms with E-state index < -0.39 is 0 Å². The van der Waals surface area contributed by atoms with E-state index in [1.807, 2.05) is 18.4 Å². The van der Waals surface area contributed by atoms with Crippen LogP contribution in [0.1, 0.15) is 5.82 Å². The molecular formula is C8H9N3S. The number of aromatic nitrogens is 2. The monoisotopic (exact) mass is 179 g/mol. The fraction of sp³-hybridized carbons (Fsp3) is 0.125. The predicted octanol–water partition coefficient (Wildman–Crippen LogP) is 2.03. The van der Waals surface area contributed by atoms with Gasteiger partial charge in [0.25, 0.3) is 0 Å². The summed E-state index contributed by atoms with van der Waals surface area (Å²) in [4.78, 5) is 8.31. The van der Waals surface area contributed by atoms with Crippen molar-refractivity contribution in [2.45, 2.75) is 6.92 Å². The summed E-state index contributed by atoms with van der Waals surface area (Å²) in [5.41, 5.74) is 7.55.